The molecule has 13 heavy (non-hydrogen) atoms. The average Bonchev–Trinajstić information content (AvgIpc) is 2.08. The number of hydrogen-bond donors (Lipinski definition) is 3. The van der Waals surface area contributed by atoms with E-state index in [1.807, 2.05) is 0 Å². The molecule has 4 N–H and O–H groups in total. The third-order valence-electron chi connectivity index (χ3n) is 1.60. The molecule has 1 aromatic rings. The van der Waals surface area contributed by atoms with Crippen LogP contribution >= 0.6 is 0 Å². The fourth-order valence-electron chi connectivity index (χ4n) is 0.876. The maximum atomic E-state index is 10.4. The van der Waals surface area contributed by atoms with E-state index in [1.54, 1.807) is 17.0 Å². The van der Waals surface area contributed by atoms with Crippen molar-refractivity contribution in [3.05, 3.63) is 24.5 Å². The van der Waals surface area contributed by atoms with Gasteiger partial charge in [-0.25, -0.2) is 4.57 Å². The second kappa shape index (κ2) is 3.86. The Kier molecular flexibility index (Phi) is 2.81. The highest BCUT2D eigenvalue weighted by Crippen LogP contribution is 2.00. The van der Waals surface area contributed by atoms with Crippen LogP contribution in [0.4, 0.5) is 0 Å². The number of carbonyl (C=O) groups is 1. The van der Waals surface area contributed by atoms with Gasteiger partial charge in [0, 0.05) is 12.1 Å². The summed E-state index contributed by atoms with van der Waals surface area (Å²) in [5.74, 6) is -0.902. The summed E-state index contributed by atoms with van der Waals surface area (Å²) < 4.78 is 1.60. The SMILES string of the molecule is N[C@@H](C[n+]1ccc(O)cc1)C(=O)O. The number of carboxylic acid groups (broad SMARTS) is 1. The van der Waals surface area contributed by atoms with Crippen molar-refractivity contribution in [3.8, 4) is 5.75 Å². The van der Waals surface area contributed by atoms with Crippen LogP contribution in [0.3, 0.4) is 0 Å². The van der Waals surface area contributed by atoms with E-state index in [0.29, 0.717) is 0 Å². The Morgan fingerprint density at radius 3 is 2.54 bits per heavy atom. The Morgan fingerprint density at radius 2 is 2.08 bits per heavy atom. The second-order valence-corrected chi connectivity index (χ2v) is 2.70. The van der Waals surface area contributed by atoms with E-state index in [2.05, 4.69) is 0 Å². The van der Waals surface area contributed by atoms with Crippen molar-refractivity contribution < 1.29 is 19.6 Å². The molecule has 70 valence electrons. The number of rotatable bonds is 3. The van der Waals surface area contributed by atoms with Crippen molar-refractivity contribution >= 4 is 5.97 Å². The fraction of sp³-hybridized carbons (Fsp3) is 0.250. The summed E-state index contributed by atoms with van der Waals surface area (Å²) in [6.07, 6.45) is 3.14. The van der Waals surface area contributed by atoms with E-state index < -0.39 is 12.0 Å². The van der Waals surface area contributed by atoms with Crippen LogP contribution < -0.4 is 10.3 Å². The van der Waals surface area contributed by atoms with Gasteiger partial charge in [-0.1, -0.05) is 0 Å². The van der Waals surface area contributed by atoms with Crippen molar-refractivity contribution in [2.45, 2.75) is 12.6 Å². The molecule has 0 radical (unpaired) electrons. The van der Waals surface area contributed by atoms with Gasteiger partial charge in [-0.3, -0.25) is 4.79 Å². The number of nitrogens with zero attached hydrogens (tertiary/aromatic N) is 1. The molecule has 1 atom stereocenters. The standard InChI is InChI=1S/C8H10N2O3/c9-7(8(12)13)5-10-3-1-6(11)2-4-10/h1-4,7H,5,9H2,(H,12,13)/p+1/t7-/m0/s1. The average molecular weight is 183 g/mol. The van der Waals surface area contributed by atoms with E-state index in [0.717, 1.165) is 0 Å². The minimum absolute atomic E-state index is 0.139. The monoisotopic (exact) mass is 183 g/mol. The van der Waals surface area contributed by atoms with Crippen LogP contribution in [0, 0.1) is 0 Å². The van der Waals surface area contributed by atoms with Crippen molar-refractivity contribution in [2.24, 2.45) is 5.73 Å². The van der Waals surface area contributed by atoms with E-state index in [1.165, 1.54) is 12.1 Å². The van der Waals surface area contributed by atoms with Gasteiger partial charge in [0.2, 0.25) is 0 Å². The first-order chi connectivity index (χ1) is 6.09. The predicted molar refractivity (Wildman–Crippen MR) is 43.9 cm³/mol. The fourth-order valence-corrected chi connectivity index (χ4v) is 0.876. The molecule has 0 amide bonds. The molecule has 0 aliphatic carbocycles. The molecule has 0 saturated heterocycles. The number of carboxylic acids is 1. The van der Waals surface area contributed by atoms with E-state index in [-0.39, 0.29) is 12.3 Å². The summed E-state index contributed by atoms with van der Waals surface area (Å²) in [5.41, 5.74) is 5.30. The summed E-state index contributed by atoms with van der Waals surface area (Å²) >= 11 is 0. The first kappa shape index (κ1) is 9.47. The van der Waals surface area contributed by atoms with Crippen LogP contribution in [0.25, 0.3) is 0 Å². The molecule has 0 fully saturated rings. The quantitative estimate of drug-likeness (QED) is 0.529. The van der Waals surface area contributed by atoms with Crippen molar-refractivity contribution in [3.63, 3.8) is 0 Å². The lowest BCUT2D eigenvalue weighted by atomic mass is 10.3. The lowest BCUT2D eigenvalue weighted by Crippen LogP contribution is -2.46. The van der Waals surface area contributed by atoms with Crippen LogP contribution in [0.1, 0.15) is 0 Å². The van der Waals surface area contributed by atoms with Crippen LogP contribution in [0.5, 0.6) is 5.75 Å². The zero-order valence-corrected chi connectivity index (χ0v) is 6.92. The minimum atomic E-state index is -1.04. The topological polar surface area (TPSA) is 87.4 Å². The lowest BCUT2D eigenvalue weighted by molar-refractivity contribution is -0.697. The number of nitrogens with two attached hydrogens (primary N) is 1. The normalized spacial score (nSPS) is 12.4. The molecule has 1 heterocycles. The molecular formula is C8H11N2O3+. The molecular weight excluding hydrogens is 172 g/mol. The summed E-state index contributed by atoms with van der Waals surface area (Å²) in [7, 11) is 0. The van der Waals surface area contributed by atoms with Crippen LogP contribution in [0.15, 0.2) is 24.5 Å². The van der Waals surface area contributed by atoms with Crippen LogP contribution in [-0.4, -0.2) is 22.2 Å². The Hall–Kier alpha value is -1.62. The van der Waals surface area contributed by atoms with Crippen molar-refractivity contribution in [1.82, 2.24) is 0 Å². The zero-order valence-electron chi connectivity index (χ0n) is 6.92. The van der Waals surface area contributed by atoms with Gasteiger partial charge in [0.05, 0.1) is 0 Å². The number of aliphatic carboxylic acids is 1. The summed E-state index contributed by atoms with van der Waals surface area (Å²) in [6.45, 7) is 0.190. The highest BCUT2D eigenvalue weighted by molar-refractivity contribution is 5.72. The molecule has 0 unspecified atom stereocenters. The molecule has 1 rings (SSSR count). The number of aromatic nitrogens is 1. The molecule has 0 aliphatic heterocycles. The van der Waals surface area contributed by atoms with Crippen LogP contribution in [-0.2, 0) is 11.3 Å². The van der Waals surface area contributed by atoms with Gasteiger partial charge in [0.1, 0.15) is 5.75 Å². The van der Waals surface area contributed by atoms with Gasteiger partial charge in [0.15, 0.2) is 25.0 Å². The number of aromatic hydroxyl groups is 1. The Labute approximate surface area is 75.0 Å². The Morgan fingerprint density at radius 1 is 1.54 bits per heavy atom. The maximum absolute atomic E-state index is 10.4. The second-order valence-electron chi connectivity index (χ2n) is 2.70. The third kappa shape index (κ3) is 2.72. The molecule has 0 aromatic carbocycles. The third-order valence-corrected chi connectivity index (χ3v) is 1.60. The summed E-state index contributed by atoms with van der Waals surface area (Å²) in [4.78, 5) is 10.4. The van der Waals surface area contributed by atoms with Crippen molar-refractivity contribution in [1.29, 1.82) is 0 Å². The maximum Gasteiger partial charge on any atom is 0.327 e. The highest BCUT2D eigenvalue weighted by atomic mass is 16.4. The van der Waals surface area contributed by atoms with Gasteiger partial charge in [-0.05, 0) is 0 Å². The van der Waals surface area contributed by atoms with Gasteiger partial charge in [-0.15, -0.1) is 0 Å². The van der Waals surface area contributed by atoms with E-state index in [4.69, 9.17) is 15.9 Å². The molecule has 5 nitrogen and oxygen atoms in total. The first-order valence-electron chi connectivity index (χ1n) is 3.76. The highest BCUT2D eigenvalue weighted by Gasteiger charge is 2.16. The molecule has 0 aliphatic rings. The number of pyridine rings is 1. The zero-order chi connectivity index (χ0) is 9.84. The largest absolute Gasteiger partial charge is 0.507 e. The molecule has 0 saturated carbocycles. The Balaban J connectivity index is 2.64. The molecule has 0 spiro atoms. The minimum Gasteiger partial charge on any atom is -0.507 e. The van der Waals surface area contributed by atoms with Gasteiger partial charge in [0.25, 0.3) is 0 Å². The summed E-state index contributed by atoms with van der Waals surface area (Å²) in [5, 5.41) is 17.4. The van der Waals surface area contributed by atoms with Gasteiger partial charge in [-0.2, -0.15) is 0 Å². The lowest BCUT2D eigenvalue weighted by Gasteiger charge is -2.01. The summed E-state index contributed by atoms with van der Waals surface area (Å²) in [6, 6.07) is 2.01. The van der Waals surface area contributed by atoms with Crippen molar-refractivity contribution in [2.75, 3.05) is 0 Å². The molecule has 0 bridgehead atoms. The first-order valence-corrected chi connectivity index (χ1v) is 3.76. The van der Waals surface area contributed by atoms with E-state index >= 15 is 0 Å². The molecule has 1 aromatic heterocycles. The number of hydrogen-bond acceptors (Lipinski definition) is 3. The van der Waals surface area contributed by atoms with Gasteiger partial charge >= 0.3 is 5.97 Å². The van der Waals surface area contributed by atoms with Crippen LogP contribution in [0.2, 0.25) is 0 Å². The smallest absolute Gasteiger partial charge is 0.327 e. The molecule has 5 heteroatoms. The van der Waals surface area contributed by atoms with E-state index in [9.17, 15) is 4.79 Å². The predicted octanol–water partition coefficient (Wildman–Crippen LogP) is -0.908. The Bertz CT molecular complexity index is 297. The van der Waals surface area contributed by atoms with Gasteiger partial charge < -0.3 is 15.9 Å².